The van der Waals surface area contributed by atoms with E-state index in [2.05, 4.69) is 5.32 Å². The van der Waals surface area contributed by atoms with Crippen LogP contribution >= 0.6 is 12.2 Å². The maximum Gasteiger partial charge on any atom is 0.337 e. The van der Waals surface area contributed by atoms with E-state index < -0.39 is 12.0 Å². The summed E-state index contributed by atoms with van der Waals surface area (Å²) in [5, 5.41) is 3.53. The number of ether oxygens (including phenoxy) is 2. The number of rotatable bonds is 4. The monoisotopic (exact) mass is 400 g/mol. The number of anilines is 1. The van der Waals surface area contributed by atoms with E-state index in [9.17, 15) is 9.18 Å². The third kappa shape index (κ3) is 3.45. The lowest BCUT2D eigenvalue weighted by molar-refractivity contribution is -0.136. The molecular formula is C21H21FN2O3S. The molecule has 3 rings (SSSR count). The van der Waals surface area contributed by atoms with Gasteiger partial charge in [-0.1, -0.05) is 24.3 Å². The van der Waals surface area contributed by atoms with Gasteiger partial charge in [0.1, 0.15) is 11.6 Å². The Balaban J connectivity index is 2.18. The van der Waals surface area contributed by atoms with Crippen molar-refractivity contribution in [2.75, 3.05) is 19.1 Å². The van der Waals surface area contributed by atoms with E-state index >= 15 is 0 Å². The van der Waals surface area contributed by atoms with Crippen LogP contribution in [-0.4, -0.2) is 25.3 Å². The van der Waals surface area contributed by atoms with Crippen LogP contribution in [0.3, 0.4) is 0 Å². The molecule has 0 aliphatic carbocycles. The molecule has 0 saturated carbocycles. The van der Waals surface area contributed by atoms with Crippen LogP contribution in [0.25, 0.3) is 0 Å². The highest BCUT2D eigenvalue weighted by atomic mass is 32.1. The van der Waals surface area contributed by atoms with Gasteiger partial charge in [0.05, 0.1) is 31.5 Å². The van der Waals surface area contributed by atoms with E-state index in [1.165, 1.54) is 13.2 Å². The minimum absolute atomic E-state index is 0.348. The molecule has 1 atom stereocenters. The van der Waals surface area contributed by atoms with Gasteiger partial charge >= 0.3 is 5.97 Å². The maximum absolute atomic E-state index is 14.1. The fourth-order valence-corrected chi connectivity index (χ4v) is 3.65. The summed E-state index contributed by atoms with van der Waals surface area (Å²) in [7, 11) is 2.89. The largest absolute Gasteiger partial charge is 0.496 e. The molecule has 2 aromatic carbocycles. The lowest BCUT2D eigenvalue weighted by atomic mass is 9.94. The molecule has 2 aromatic rings. The van der Waals surface area contributed by atoms with E-state index in [1.54, 1.807) is 38.0 Å². The average molecular weight is 400 g/mol. The summed E-state index contributed by atoms with van der Waals surface area (Å²) in [6.45, 7) is 3.45. The van der Waals surface area contributed by atoms with E-state index in [0.29, 0.717) is 33.4 Å². The Morgan fingerprint density at radius 3 is 2.54 bits per heavy atom. The Morgan fingerprint density at radius 1 is 1.18 bits per heavy atom. The Morgan fingerprint density at radius 2 is 1.89 bits per heavy atom. The highest BCUT2D eigenvalue weighted by Gasteiger charge is 2.36. The summed E-state index contributed by atoms with van der Waals surface area (Å²) >= 11 is 5.56. The standard InChI is InChI=1S/C21H21FN2O3S/c1-12-9-10-14(11-16(12)22)24-13(2)18(20(25)27-4)19(23-21(24)28)15-7-5-6-8-17(15)26-3/h5-11,19H,1-4H3,(H,23,28). The average Bonchev–Trinajstić information content (AvgIpc) is 2.69. The fourth-order valence-electron chi connectivity index (χ4n) is 3.29. The molecule has 0 spiro atoms. The number of esters is 1. The zero-order chi connectivity index (χ0) is 20.4. The number of para-hydroxylation sites is 1. The Bertz CT molecular complexity index is 974. The maximum atomic E-state index is 14.1. The smallest absolute Gasteiger partial charge is 0.337 e. The first-order valence-corrected chi connectivity index (χ1v) is 9.08. The van der Waals surface area contributed by atoms with Crippen LogP contribution in [0.15, 0.2) is 53.7 Å². The predicted octanol–water partition coefficient (Wildman–Crippen LogP) is 4.03. The SMILES string of the molecule is COC(=O)C1=C(C)N(c2ccc(C)c(F)c2)C(=S)NC1c1ccccc1OC. The number of carbonyl (C=O) groups excluding carboxylic acids is 1. The van der Waals surface area contributed by atoms with E-state index in [0.717, 1.165) is 5.56 Å². The Hall–Kier alpha value is -2.93. The van der Waals surface area contributed by atoms with Gasteiger partial charge in [-0.25, -0.2) is 9.18 Å². The molecule has 1 aliphatic rings. The van der Waals surface area contributed by atoms with Crippen molar-refractivity contribution < 1.29 is 18.7 Å². The molecule has 1 aliphatic heterocycles. The van der Waals surface area contributed by atoms with Crippen LogP contribution in [0.5, 0.6) is 5.75 Å². The normalized spacial score (nSPS) is 16.7. The van der Waals surface area contributed by atoms with Gasteiger partial charge in [0.15, 0.2) is 5.11 Å². The summed E-state index contributed by atoms with van der Waals surface area (Å²) in [5.74, 6) is -0.229. The first-order chi connectivity index (χ1) is 13.4. The van der Waals surface area contributed by atoms with Crippen LogP contribution in [0.1, 0.15) is 24.1 Å². The minimum Gasteiger partial charge on any atom is -0.496 e. The first kappa shape index (κ1) is 19.8. The molecule has 0 bridgehead atoms. The molecule has 1 unspecified atom stereocenters. The highest BCUT2D eigenvalue weighted by Crippen LogP contribution is 2.37. The topological polar surface area (TPSA) is 50.8 Å². The van der Waals surface area contributed by atoms with Crippen LogP contribution in [0.2, 0.25) is 0 Å². The highest BCUT2D eigenvalue weighted by molar-refractivity contribution is 7.80. The minimum atomic E-state index is -0.553. The lowest BCUT2D eigenvalue weighted by Crippen LogP contribution is -2.48. The quantitative estimate of drug-likeness (QED) is 0.618. The third-order valence-electron chi connectivity index (χ3n) is 4.75. The van der Waals surface area contributed by atoms with Crippen molar-refractivity contribution in [1.29, 1.82) is 0 Å². The van der Waals surface area contributed by atoms with Gasteiger partial charge in [-0.2, -0.15) is 0 Å². The van der Waals surface area contributed by atoms with Crippen molar-refractivity contribution in [2.45, 2.75) is 19.9 Å². The summed E-state index contributed by atoms with van der Waals surface area (Å²) in [4.78, 5) is 14.3. The summed E-state index contributed by atoms with van der Waals surface area (Å²) in [6.07, 6.45) is 0. The van der Waals surface area contributed by atoms with Gasteiger partial charge in [0, 0.05) is 11.3 Å². The lowest BCUT2D eigenvalue weighted by Gasteiger charge is -2.37. The zero-order valence-corrected chi connectivity index (χ0v) is 16.9. The molecule has 5 nitrogen and oxygen atoms in total. The summed E-state index contributed by atoms with van der Waals surface area (Å²) in [6, 6.07) is 11.6. The van der Waals surface area contributed by atoms with Crippen molar-refractivity contribution in [3.63, 3.8) is 0 Å². The number of aryl methyl sites for hydroxylation is 1. The first-order valence-electron chi connectivity index (χ1n) is 8.67. The van der Waals surface area contributed by atoms with Gasteiger partial charge in [-0.15, -0.1) is 0 Å². The van der Waals surface area contributed by atoms with Gasteiger partial charge in [0.2, 0.25) is 0 Å². The van der Waals surface area contributed by atoms with Crippen LogP contribution < -0.4 is 15.0 Å². The number of thiocarbonyl (C=S) groups is 1. The number of hydrogen-bond donors (Lipinski definition) is 1. The molecule has 1 N–H and O–H groups in total. The molecule has 0 saturated heterocycles. The second kappa shape index (κ2) is 7.98. The van der Waals surface area contributed by atoms with E-state index in [1.807, 2.05) is 24.3 Å². The third-order valence-corrected chi connectivity index (χ3v) is 5.05. The number of halogens is 1. The Kier molecular flexibility index (Phi) is 5.65. The number of benzene rings is 2. The van der Waals surface area contributed by atoms with E-state index in [-0.39, 0.29) is 5.82 Å². The number of carbonyl (C=O) groups is 1. The van der Waals surface area contributed by atoms with Crippen molar-refractivity contribution in [3.8, 4) is 5.75 Å². The molecule has 146 valence electrons. The number of methoxy groups -OCH3 is 2. The number of nitrogens with zero attached hydrogens (tertiary/aromatic N) is 1. The molecule has 0 radical (unpaired) electrons. The molecule has 1 heterocycles. The molecular weight excluding hydrogens is 379 g/mol. The zero-order valence-electron chi connectivity index (χ0n) is 16.1. The number of hydrogen-bond acceptors (Lipinski definition) is 4. The van der Waals surface area contributed by atoms with Gasteiger partial charge in [0.25, 0.3) is 0 Å². The van der Waals surface area contributed by atoms with Crippen molar-refractivity contribution in [1.82, 2.24) is 5.32 Å². The van der Waals surface area contributed by atoms with E-state index in [4.69, 9.17) is 21.7 Å². The van der Waals surface area contributed by atoms with Gasteiger partial charge < -0.3 is 14.8 Å². The van der Waals surface area contributed by atoms with Gasteiger partial charge in [-0.05, 0) is 49.8 Å². The summed E-state index contributed by atoms with van der Waals surface area (Å²) in [5.41, 5.74) is 2.75. The molecule has 7 heteroatoms. The second-order valence-electron chi connectivity index (χ2n) is 6.38. The van der Waals surface area contributed by atoms with Crippen molar-refractivity contribution >= 4 is 29.0 Å². The van der Waals surface area contributed by atoms with Crippen LogP contribution in [-0.2, 0) is 9.53 Å². The number of allylic oxidation sites excluding steroid dienone is 1. The number of nitrogens with one attached hydrogen (secondary N) is 1. The fraction of sp³-hybridized carbons (Fsp3) is 0.238. The molecule has 0 amide bonds. The van der Waals surface area contributed by atoms with Crippen LogP contribution in [0, 0.1) is 12.7 Å². The molecule has 28 heavy (non-hydrogen) atoms. The molecule has 0 fully saturated rings. The molecule has 0 aromatic heterocycles. The van der Waals surface area contributed by atoms with Crippen molar-refractivity contribution in [3.05, 3.63) is 70.7 Å². The summed E-state index contributed by atoms with van der Waals surface area (Å²) < 4.78 is 24.6. The second-order valence-corrected chi connectivity index (χ2v) is 6.77. The Labute approximate surface area is 168 Å². The van der Waals surface area contributed by atoms with Gasteiger partial charge in [-0.3, -0.25) is 4.90 Å². The predicted molar refractivity (Wildman–Crippen MR) is 110 cm³/mol. The van der Waals surface area contributed by atoms with Crippen molar-refractivity contribution in [2.24, 2.45) is 0 Å². The van der Waals surface area contributed by atoms with Crippen LogP contribution in [0.4, 0.5) is 10.1 Å².